The highest BCUT2D eigenvalue weighted by Crippen LogP contribution is 2.27. The van der Waals surface area contributed by atoms with Crippen LogP contribution in [0, 0.1) is 0 Å². The molecule has 0 aliphatic carbocycles. The Labute approximate surface area is 94.8 Å². The van der Waals surface area contributed by atoms with Gasteiger partial charge in [-0.05, 0) is 6.07 Å². The summed E-state index contributed by atoms with van der Waals surface area (Å²) in [7, 11) is 0. The fourth-order valence-corrected chi connectivity index (χ4v) is 2.85. The minimum absolute atomic E-state index is 0.487. The van der Waals surface area contributed by atoms with Crippen LogP contribution >= 0.6 is 34.3 Å². The zero-order chi connectivity index (χ0) is 9.97. The summed E-state index contributed by atoms with van der Waals surface area (Å²) >= 11 is 8.80. The maximum Gasteiger partial charge on any atom is 0.0954 e. The summed E-state index contributed by atoms with van der Waals surface area (Å²) in [5.74, 6) is 0. The summed E-state index contributed by atoms with van der Waals surface area (Å²) in [4.78, 5) is 5.01. The molecular formula is C9H8ClNOS2. The van der Waals surface area contributed by atoms with E-state index in [0.29, 0.717) is 11.4 Å². The van der Waals surface area contributed by atoms with E-state index in [4.69, 9.17) is 11.6 Å². The van der Waals surface area contributed by atoms with Gasteiger partial charge in [0.1, 0.15) is 0 Å². The predicted octanol–water partition coefficient (Wildman–Crippen LogP) is 3.13. The van der Waals surface area contributed by atoms with Crippen molar-refractivity contribution in [2.45, 2.75) is 12.5 Å². The Morgan fingerprint density at radius 3 is 2.93 bits per heavy atom. The van der Waals surface area contributed by atoms with Gasteiger partial charge in [-0.25, -0.2) is 4.98 Å². The number of aromatic nitrogens is 1. The lowest BCUT2D eigenvalue weighted by Crippen LogP contribution is -1.98. The smallest absolute Gasteiger partial charge is 0.0954 e. The molecule has 1 atom stereocenters. The van der Waals surface area contributed by atoms with E-state index >= 15 is 0 Å². The zero-order valence-electron chi connectivity index (χ0n) is 7.18. The third-order valence-electron chi connectivity index (χ3n) is 1.77. The van der Waals surface area contributed by atoms with Crippen LogP contribution in [0.2, 0.25) is 5.02 Å². The fourth-order valence-electron chi connectivity index (χ4n) is 1.12. The number of thiazole rings is 1. The molecule has 0 aromatic carbocycles. The molecule has 5 heteroatoms. The Morgan fingerprint density at radius 2 is 2.36 bits per heavy atom. The lowest BCUT2D eigenvalue weighted by Gasteiger charge is -2.04. The first-order valence-electron chi connectivity index (χ1n) is 4.06. The standard InChI is InChI=1S/C9H8ClNOS2/c10-6-3-8(14-5-6)7(12)4-9-11-1-2-13-9/h1-3,5,7,12H,4H2. The molecule has 0 bridgehead atoms. The van der Waals surface area contributed by atoms with E-state index in [0.717, 1.165) is 9.88 Å². The van der Waals surface area contributed by atoms with Crippen molar-refractivity contribution in [2.75, 3.05) is 0 Å². The number of hydrogen-bond donors (Lipinski definition) is 1. The van der Waals surface area contributed by atoms with Gasteiger partial charge in [0.25, 0.3) is 0 Å². The number of rotatable bonds is 3. The van der Waals surface area contributed by atoms with Crippen LogP contribution in [0.3, 0.4) is 0 Å². The fraction of sp³-hybridized carbons (Fsp3) is 0.222. The molecule has 0 fully saturated rings. The molecule has 0 saturated heterocycles. The molecule has 0 aliphatic rings. The molecule has 2 aromatic heterocycles. The second kappa shape index (κ2) is 4.40. The van der Waals surface area contributed by atoms with Gasteiger partial charge in [0.2, 0.25) is 0 Å². The summed E-state index contributed by atoms with van der Waals surface area (Å²) in [6.45, 7) is 0. The molecule has 0 amide bonds. The lowest BCUT2D eigenvalue weighted by molar-refractivity contribution is 0.182. The first-order valence-corrected chi connectivity index (χ1v) is 6.20. The van der Waals surface area contributed by atoms with Gasteiger partial charge in [-0.1, -0.05) is 11.6 Å². The van der Waals surface area contributed by atoms with Crippen molar-refractivity contribution in [1.82, 2.24) is 4.98 Å². The van der Waals surface area contributed by atoms with Crippen LogP contribution in [-0.2, 0) is 6.42 Å². The maximum atomic E-state index is 9.82. The largest absolute Gasteiger partial charge is 0.387 e. The summed E-state index contributed by atoms with van der Waals surface area (Å²) in [5, 5.41) is 15.2. The highest BCUT2D eigenvalue weighted by molar-refractivity contribution is 7.10. The van der Waals surface area contributed by atoms with Crippen molar-refractivity contribution in [1.29, 1.82) is 0 Å². The third kappa shape index (κ3) is 2.33. The average Bonchev–Trinajstić information content (AvgIpc) is 2.75. The molecule has 2 nitrogen and oxygen atoms in total. The maximum absolute atomic E-state index is 9.82. The zero-order valence-corrected chi connectivity index (χ0v) is 9.57. The van der Waals surface area contributed by atoms with Crippen molar-refractivity contribution in [2.24, 2.45) is 0 Å². The number of thiophene rings is 1. The minimum Gasteiger partial charge on any atom is -0.387 e. The van der Waals surface area contributed by atoms with E-state index in [1.807, 2.05) is 10.8 Å². The van der Waals surface area contributed by atoms with Gasteiger partial charge in [0.15, 0.2) is 0 Å². The Balaban J connectivity index is 2.06. The normalized spacial score (nSPS) is 13.0. The molecule has 0 radical (unpaired) electrons. The highest BCUT2D eigenvalue weighted by Gasteiger charge is 2.12. The molecule has 2 rings (SSSR count). The summed E-state index contributed by atoms with van der Waals surface area (Å²) < 4.78 is 0. The van der Waals surface area contributed by atoms with Gasteiger partial charge >= 0.3 is 0 Å². The number of aliphatic hydroxyl groups excluding tert-OH is 1. The van der Waals surface area contributed by atoms with Crippen molar-refractivity contribution < 1.29 is 5.11 Å². The van der Waals surface area contributed by atoms with E-state index in [9.17, 15) is 5.11 Å². The Kier molecular flexibility index (Phi) is 3.18. The lowest BCUT2D eigenvalue weighted by atomic mass is 10.2. The molecule has 2 heterocycles. The summed E-state index contributed by atoms with van der Waals surface area (Å²) in [6.07, 6.45) is 1.82. The molecular weight excluding hydrogens is 238 g/mol. The quantitative estimate of drug-likeness (QED) is 0.901. The molecule has 0 aliphatic heterocycles. The first-order chi connectivity index (χ1) is 6.75. The number of nitrogens with zero attached hydrogens (tertiary/aromatic N) is 1. The van der Waals surface area contributed by atoms with Gasteiger partial charge in [-0.3, -0.25) is 0 Å². The van der Waals surface area contributed by atoms with Crippen LogP contribution in [0.25, 0.3) is 0 Å². The molecule has 1 unspecified atom stereocenters. The Morgan fingerprint density at radius 1 is 1.50 bits per heavy atom. The van der Waals surface area contributed by atoms with Crippen LogP contribution in [0.15, 0.2) is 23.0 Å². The number of hydrogen-bond acceptors (Lipinski definition) is 4. The van der Waals surface area contributed by atoms with E-state index in [1.165, 1.54) is 11.3 Å². The topological polar surface area (TPSA) is 33.1 Å². The van der Waals surface area contributed by atoms with Gasteiger partial charge in [-0.2, -0.15) is 0 Å². The van der Waals surface area contributed by atoms with Crippen molar-refractivity contribution in [3.63, 3.8) is 0 Å². The van der Waals surface area contributed by atoms with Gasteiger partial charge in [-0.15, -0.1) is 22.7 Å². The monoisotopic (exact) mass is 245 g/mol. The molecule has 14 heavy (non-hydrogen) atoms. The van der Waals surface area contributed by atoms with Crippen molar-refractivity contribution >= 4 is 34.3 Å². The first kappa shape index (κ1) is 10.1. The van der Waals surface area contributed by atoms with Crippen molar-refractivity contribution in [3.8, 4) is 0 Å². The molecule has 0 spiro atoms. The Bertz CT molecular complexity index is 399. The predicted molar refractivity (Wildman–Crippen MR) is 60.1 cm³/mol. The van der Waals surface area contributed by atoms with Gasteiger partial charge < -0.3 is 5.11 Å². The molecule has 0 saturated carbocycles. The number of aliphatic hydroxyl groups is 1. The molecule has 2 aromatic rings. The number of halogens is 1. The highest BCUT2D eigenvalue weighted by atomic mass is 35.5. The Hall–Kier alpha value is -0.420. The average molecular weight is 246 g/mol. The van der Waals surface area contributed by atoms with Gasteiger partial charge in [0.05, 0.1) is 16.1 Å². The third-order valence-corrected chi connectivity index (χ3v) is 3.95. The second-order valence-corrected chi connectivity index (χ2v) is 5.17. The van der Waals surface area contributed by atoms with Crippen LogP contribution < -0.4 is 0 Å². The van der Waals surface area contributed by atoms with E-state index in [2.05, 4.69) is 4.98 Å². The van der Waals surface area contributed by atoms with E-state index < -0.39 is 6.10 Å². The molecule has 74 valence electrons. The van der Waals surface area contributed by atoms with Crippen LogP contribution in [-0.4, -0.2) is 10.1 Å². The van der Waals surface area contributed by atoms with E-state index in [-0.39, 0.29) is 0 Å². The van der Waals surface area contributed by atoms with Crippen molar-refractivity contribution in [3.05, 3.63) is 37.9 Å². The van der Waals surface area contributed by atoms with Gasteiger partial charge in [0, 0.05) is 28.3 Å². The minimum atomic E-state index is -0.487. The van der Waals surface area contributed by atoms with Crippen LogP contribution in [0.5, 0.6) is 0 Å². The summed E-state index contributed by atoms with van der Waals surface area (Å²) in [6, 6.07) is 1.80. The second-order valence-electron chi connectivity index (χ2n) is 2.81. The molecule has 1 N–H and O–H groups in total. The van der Waals surface area contributed by atoms with Crippen LogP contribution in [0.4, 0.5) is 0 Å². The summed E-state index contributed by atoms with van der Waals surface area (Å²) in [5.41, 5.74) is 0. The van der Waals surface area contributed by atoms with E-state index in [1.54, 1.807) is 23.6 Å². The SMILES string of the molecule is OC(Cc1nccs1)c1cc(Cl)cs1. The van der Waals surface area contributed by atoms with Crippen LogP contribution in [0.1, 0.15) is 16.0 Å².